The molecule has 3 rings (SSSR count). The predicted octanol–water partition coefficient (Wildman–Crippen LogP) is 4.07. The van der Waals surface area contributed by atoms with Gasteiger partial charge in [0.25, 0.3) is 0 Å². The normalized spacial score (nSPS) is 23.7. The quantitative estimate of drug-likeness (QED) is 0.800. The first-order valence-electron chi connectivity index (χ1n) is 9.63. The highest BCUT2D eigenvalue weighted by atomic mass is 16.4. The van der Waals surface area contributed by atoms with Gasteiger partial charge in [-0.15, -0.1) is 0 Å². The topological polar surface area (TPSA) is 66.4 Å². The van der Waals surface area contributed by atoms with E-state index in [0.717, 1.165) is 12.1 Å². The average Bonchev–Trinajstić information content (AvgIpc) is 2.53. The molecular formula is C19H33NO3. The van der Waals surface area contributed by atoms with Gasteiger partial charge in [0.15, 0.2) is 0 Å². The fourth-order valence-electron chi connectivity index (χ4n) is 3.99. The molecule has 0 amide bonds. The van der Waals surface area contributed by atoms with Crippen LogP contribution in [0, 0.1) is 5.92 Å². The maximum atomic E-state index is 10.4. The molecule has 0 aromatic heterocycles. The van der Waals surface area contributed by atoms with Crippen molar-refractivity contribution in [3.63, 3.8) is 0 Å². The Morgan fingerprint density at radius 2 is 1.39 bits per heavy atom. The summed E-state index contributed by atoms with van der Waals surface area (Å²) >= 11 is 0. The first kappa shape index (κ1) is 18.4. The Hall–Kier alpha value is -0.900. The molecule has 0 radical (unpaired) electrons. The van der Waals surface area contributed by atoms with Crippen LogP contribution in [0.5, 0.6) is 0 Å². The van der Waals surface area contributed by atoms with Gasteiger partial charge >= 0.3 is 5.97 Å². The highest BCUT2D eigenvalue weighted by Crippen LogP contribution is 2.27. The van der Waals surface area contributed by atoms with E-state index in [4.69, 9.17) is 5.11 Å². The van der Waals surface area contributed by atoms with Crippen LogP contribution < -0.4 is 5.32 Å². The minimum absolute atomic E-state index is 0.206. The van der Waals surface area contributed by atoms with Crippen LogP contribution in [-0.2, 0) is 9.59 Å². The summed E-state index contributed by atoms with van der Waals surface area (Å²) in [5.74, 6) is -0.127. The van der Waals surface area contributed by atoms with E-state index in [0.29, 0.717) is 25.2 Å². The van der Waals surface area contributed by atoms with E-state index in [1.54, 1.807) is 0 Å². The molecular weight excluding hydrogens is 290 g/mol. The number of ketones is 1. The van der Waals surface area contributed by atoms with E-state index in [2.05, 4.69) is 5.32 Å². The highest BCUT2D eigenvalue weighted by Gasteiger charge is 2.26. The molecule has 2 N–H and O–H groups in total. The van der Waals surface area contributed by atoms with E-state index in [-0.39, 0.29) is 12.2 Å². The molecule has 3 fully saturated rings. The molecule has 4 nitrogen and oxygen atoms in total. The van der Waals surface area contributed by atoms with Gasteiger partial charge in [-0.2, -0.15) is 0 Å². The number of hydrogen-bond donors (Lipinski definition) is 2. The Kier molecular flexibility index (Phi) is 8.07. The Labute approximate surface area is 140 Å². The summed E-state index contributed by atoms with van der Waals surface area (Å²) in [7, 11) is 0. The third kappa shape index (κ3) is 7.47. The van der Waals surface area contributed by atoms with Gasteiger partial charge in [0.05, 0.1) is 0 Å². The van der Waals surface area contributed by atoms with Gasteiger partial charge in [0.2, 0.25) is 0 Å². The Morgan fingerprint density at radius 1 is 0.913 bits per heavy atom. The zero-order valence-electron chi connectivity index (χ0n) is 14.4. The zero-order valence-corrected chi connectivity index (χ0v) is 14.4. The minimum Gasteiger partial charge on any atom is -0.481 e. The van der Waals surface area contributed by atoms with E-state index < -0.39 is 5.97 Å². The second kappa shape index (κ2) is 10.1. The molecule has 3 saturated carbocycles. The zero-order chi connectivity index (χ0) is 16.5. The lowest BCUT2D eigenvalue weighted by molar-refractivity contribution is -0.138. The Balaban J connectivity index is 0.000000174. The molecule has 0 saturated heterocycles. The first-order valence-corrected chi connectivity index (χ1v) is 9.63. The van der Waals surface area contributed by atoms with Crippen molar-refractivity contribution in [3.8, 4) is 0 Å². The molecule has 0 aliphatic heterocycles. The van der Waals surface area contributed by atoms with Gasteiger partial charge in [0, 0.05) is 31.3 Å². The summed E-state index contributed by atoms with van der Waals surface area (Å²) in [6, 6.07) is 1.74. The van der Waals surface area contributed by atoms with Crippen molar-refractivity contribution in [2.75, 3.05) is 0 Å². The second-order valence-electron chi connectivity index (χ2n) is 7.58. The molecule has 3 aliphatic rings. The Morgan fingerprint density at radius 3 is 1.78 bits per heavy atom. The molecule has 23 heavy (non-hydrogen) atoms. The summed E-state index contributed by atoms with van der Waals surface area (Å²) in [6.45, 7) is 0. The van der Waals surface area contributed by atoms with Gasteiger partial charge < -0.3 is 10.4 Å². The SMILES string of the molecule is C1CCC(NC2CCCCC2)CC1.O=C(O)CCC1CC(=O)C1. The number of nitrogens with one attached hydrogen (secondary N) is 1. The molecule has 0 spiro atoms. The molecule has 0 aromatic carbocycles. The molecule has 0 atom stereocenters. The van der Waals surface area contributed by atoms with Crippen LogP contribution >= 0.6 is 0 Å². The van der Waals surface area contributed by atoms with Crippen LogP contribution in [0.2, 0.25) is 0 Å². The van der Waals surface area contributed by atoms with Crippen LogP contribution in [0.1, 0.15) is 89.9 Å². The number of aliphatic carboxylic acids is 1. The summed E-state index contributed by atoms with van der Waals surface area (Å²) in [5.41, 5.74) is 0. The summed E-state index contributed by atoms with van der Waals surface area (Å²) in [5, 5.41) is 12.1. The Bertz CT molecular complexity index is 347. The van der Waals surface area contributed by atoms with E-state index >= 15 is 0 Å². The third-order valence-electron chi connectivity index (χ3n) is 5.48. The van der Waals surface area contributed by atoms with Crippen molar-refractivity contribution in [1.29, 1.82) is 0 Å². The number of carbonyl (C=O) groups is 2. The number of carboxylic acid groups (broad SMARTS) is 1. The average molecular weight is 323 g/mol. The molecule has 0 heterocycles. The summed E-state index contributed by atoms with van der Waals surface area (Å²) in [6.07, 6.45) is 16.6. The van der Waals surface area contributed by atoms with Gasteiger partial charge in [-0.25, -0.2) is 0 Å². The van der Waals surface area contributed by atoms with Crippen molar-refractivity contribution in [3.05, 3.63) is 0 Å². The molecule has 0 unspecified atom stereocenters. The van der Waals surface area contributed by atoms with Crippen LogP contribution in [0.15, 0.2) is 0 Å². The maximum absolute atomic E-state index is 10.4. The first-order chi connectivity index (χ1) is 11.1. The molecule has 0 aromatic rings. The van der Waals surface area contributed by atoms with Crippen molar-refractivity contribution >= 4 is 11.8 Å². The van der Waals surface area contributed by atoms with Crippen molar-refractivity contribution in [2.24, 2.45) is 5.92 Å². The lowest BCUT2D eigenvalue weighted by atomic mass is 9.81. The number of Topliss-reactive ketones (excluding diaryl/α,β-unsaturated/α-hetero) is 1. The monoisotopic (exact) mass is 323 g/mol. The lowest BCUT2D eigenvalue weighted by Crippen LogP contribution is -2.40. The van der Waals surface area contributed by atoms with Crippen molar-refractivity contribution in [1.82, 2.24) is 5.32 Å². The summed E-state index contributed by atoms with van der Waals surface area (Å²) < 4.78 is 0. The second-order valence-corrected chi connectivity index (χ2v) is 7.58. The smallest absolute Gasteiger partial charge is 0.303 e. The predicted molar refractivity (Wildman–Crippen MR) is 91.5 cm³/mol. The maximum Gasteiger partial charge on any atom is 0.303 e. The van der Waals surface area contributed by atoms with E-state index in [1.807, 2.05) is 0 Å². The number of carbonyl (C=O) groups excluding carboxylic acids is 1. The highest BCUT2D eigenvalue weighted by molar-refractivity contribution is 5.84. The van der Waals surface area contributed by atoms with Gasteiger partial charge in [-0.1, -0.05) is 38.5 Å². The third-order valence-corrected chi connectivity index (χ3v) is 5.48. The molecule has 4 heteroatoms. The fraction of sp³-hybridized carbons (Fsp3) is 0.895. The molecule has 0 bridgehead atoms. The molecule has 132 valence electrons. The van der Waals surface area contributed by atoms with Crippen LogP contribution in [0.25, 0.3) is 0 Å². The van der Waals surface area contributed by atoms with Crippen molar-refractivity contribution in [2.45, 2.75) is 102 Å². The number of carboxylic acids is 1. The standard InChI is InChI=1S/C12H23N.C7H10O3/c1-3-7-11(8-4-1)13-12-9-5-2-6-10-12;8-6-3-5(4-6)1-2-7(9)10/h11-13H,1-10H2;5H,1-4H2,(H,9,10). The lowest BCUT2D eigenvalue weighted by Gasteiger charge is -2.30. The molecule has 3 aliphatic carbocycles. The largest absolute Gasteiger partial charge is 0.481 e. The van der Waals surface area contributed by atoms with Gasteiger partial charge in [-0.3, -0.25) is 9.59 Å². The number of hydrogen-bond acceptors (Lipinski definition) is 3. The summed E-state index contributed by atoms with van der Waals surface area (Å²) in [4.78, 5) is 20.4. The fourth-order valence-corrected chi connectivity index (χ4v) is 3.99. The van der Waals surface area contributed by atoms with E-state index in [9.17, 15) is 9.59 Å². The van der Waals surface area contributed by atoms with Gasteiger partial charge in [0.1, 0.15) is 5.78 Å². The van der Waals surface area contributed by atoms with Crippen LogP contribution in [0.4, 0.5) is 0 Å². The van der Waals surface area contributed by atoms with Crippen LogP contribution in [-0.4, -0.2) is 28.9 Å². The van der Waals surface area contributed by atoms with Crippen LogP contribution in [0.3, 0.4) is 0 Å². The van der Waals surface area contributed by atoms with Crippen molar-refractivity contribution < 1.29 is 14.7 Å². The number of rotatable bonds is 5. The minimum atomic E-state index is -0.764. The van der Waals surface area contributed by atoms with Gasteiger partial charge in [-0.05, 0) is 38.0 Å². The van der Waals surface area contributed by atoms with E-state index in [1.165, 1.54) is 64.2 Å².